The number of carboxylic acid groups (broad SMARTS) is 1. The van der Waals surface area contributed by atoms with E-state index in [0.29, 0.717) is 11.3 Å². The third-order valence-corrected chi connectivity index (χ3v) is 5.25. The van der Waals surface area contributed by atoms with E-state index >= 15 is 0 Å². The van der Waals surface area contributed by atoms with Gasteiger partial charge in [-0.1, -0.05) is 11.6 Å². The zero-order valence-corrected chi connectivity index (χ0v) is 12.8. The van der Waals surface area contributed by atoms with E-state index in [1.54, 1.807) is 0 Å². The highest BCUT2D eigenvalue weighted by molar-refractivity contribution is 7.94. The summed E-state index contributed by atoms with van der Waals surface area (Å²) in [5.41, 5.74) is 0. The van der Waals surface area contributed by atoms with Gasteiger partial charge < -0.3 is 9.84 Å². The van der Waals surface area contributed by atoms with Crippen LogP contribution in [-0.2, 0) is 10.0 Å². The topological polar surface area (TPSA) is 118 Å². The van der Waals surface area contributed by atoms with E-state index in [4.69, 9.17) is 21.4 Å². The maximum Gasteiger partial charge on any atom is 0.345 e. The number of aromatic nitrogens is 2. The standard InChI is InChI=1S/C10H8ClN3O5S2/c1-19-7-4-6(11)12-10(13-7)14-21(17,18)8-3-2-5(20-8)9(15)16/h2-4H,1H3,(H,15,16)(H,12,13,14). The van der Waals surface area contributed by atoms with Crippen LogP contribution in [0.3, 0.4) is 0 Å². The van der Waals surface area contributed by atoms with Crippen LogP contribution in [0.25, 0.3) is 0 Å². The normalized spacial score (nSPS) is 11.1. The SMILES string of the molecule is COc1cc(Cl)nc(NS(=O)(=O)c2ccc(C(=O)O)s2)n1. The Kier molecular flexibility index (Phi) is 4.30. The quantitative estimate of drug-likeness (QED) is 0.788. The minimum Gasteiger partial charge on any atom is -0.481 e. The molecule has 0 saturated carbocycles. The molecule has 8 nitrogen and oxygen atoms in total. The molecule has 0 radical (unpaired) electrons. The van der Waals surface area contributed by atoms with Crippen molar-refractivity contribution in [3.63, 3.8) is 0 Å². The van der Waals surface area contributed by atoms with Crippen LogP contribution in [0.2, 0.25) is 5.15 Å². The van der Waals surface area contributed by atoms with Crippen molar-refractivity contribution in [2.45, 2.75) is 4.21 Å². The van der Waals surface area contributed by atoms with Crippen LogP contribution in [-0.4, -0.2) is 36.6 Å². The van der Waals surface area contributed by atoms with Crippen molar-refractivity contribution in [1.82, 2.24) is 9.97 Å². The number of methoxy groups -OCH3 is 1. The van der Waals surface area contributed by atoms with Gasteiger partial charge in [0.15, 0.2) is 0 Å². The first-order chi connectivity index (χ1) is 9.81. The molecule has 0 amide bonds. The Morgan fingerprint density at radius 3 is 2.71 bits per heavy atom. The molecule has 0 aliphatic heterocycles. The maximum absolute atomic E-state index is 12.1. The molecular weight excluding hydrogens is 342 g/mol. The molecule has 0 atom stereocenters. The number of anilines is 1. The average Bonchev–Trinajstić information content (AvgIpc) is 2.87. The molecule has 21 heavy (non-hydrogen) atoms. The Hall–Kier alpha value is -1.91. The van der Waals surface area contributed by atoms with Crippen LogP contribution < -0.4 is 9.46 Å². The first kappa shape index (κ1) is 15.5. The minimum absolute atomic E-state index is 0.00282. The van der Waals surface area contributed by atoms with Gasteiger partial charge >= 0.3 is 5.97 Å². The zero-order chi connectivity index (χ0) is 15.6. The Labute approximate surface area is 128 Å². The fourth-order valence-corrected chi connectivity index (χ4v) is 3.56. The van der Waals surface area contributed by atoms with Gasteiger partial charge in [-0.3, -0.25) is 0 Å². The number of hydrogen-bond acceptors (Lipinski definition) is 7. The summed E-state index contributed by atoms with van der Waals surface area (Å²) < 4.78 is 31.0. The summed E-state index contributed by atoms with van der Waals surface area (Å²) in [6.45, 7) is 0. The highest BCUT2D eigenvalue weighted by Crippen LogP contribution is 2.24. The van der Waals surface area contributed by atoms with Crippen LogP contribution >= 0.6 is 22.9 Å². The van der Waals surface area contributed by atoms with Gasteiger partial charge in [0.1, 0.15) is 14.2 Å². The summed E-state index contributed by atoms with van der Waals surface area (Å²) in [4.78, 5) is 18.2. The van der Waals surface area contributed by atoms with Crippen LogP contribution in [0, 0.1) is 0 Å². The van der Waals surface area contributed by atoms with Gasteiger partial charge in [-0.25, -0.2) is 22.9 Å². The Morgan fingerprint density at radius 1 is 1.43 bits per heavy atom. The summed E-state index contributed by atoms with van der Waals surface area (Å²) in [5.74, 6) is -1.39. The number of rotatable bonds is 5. The molecule has 0 bridgehead atoms. The summed E-state index contributed by atoms with van der Waals surface area (Å²) in [5, 5.41) is 8.79. The summed E-state index contributed by atoms with van der Waals surface area (Å²) in [7, 11) is -2.66. The van der Waals surface area contributed by atoms with E-state index in [0.717, 1.165) is 0 Å². The monoisotopic (exact) mass is 349 g/mol. The fraction of sp³-hybridized carbons (Fsp3) is 0.100. The first-order valence-corrected chi connectivity index (χ1v) is 7.94. The van der Waals surface area contributed by atoms with Crippen LogP contribution in [0.5, 0.6) is 5.88 Å². The predicted molar refractivity (Wildman–Crippen MR) is 75.7 cm³/mol. The molecule has 0 aliphatic rings. The second-order valence-corrected chi connectivity index (χ2v) is 6.97. The zero-order valence-electron chi connectivity index (χ0n) is 10.4. The number of sulfonamides is 1. The molecule has 2 N–H and O–H groups in total. The lowest BCUT2D eigenvalue weighted by atomic mass is 10.5. The smallest absolute Gasteiger partial charge is 0.345 e. The summed E-state index contributed by atoms with van der Waals surface area (Å²) in [6, 6.07) is 3.69. The second kappa shape index (κ2) is 5.84. The molecule has 0 saturated heterocycles. The molecule has 0 aromatic carbocycles. The lowest BCUT2D eigenvalue weighted by Gasteiger charge is -2.06. The van der Waals surface area contributed by atoms with Gasteiger partial charge in [-0.2, -0.15) is 4.98 Å². The van der Waals surface area contributed by atoms with Gasteiger partial charge in [-0.05, 0) is 12.1 Å². The molecular formula is C10H8ClN3O5S2. The van der Waals surface area contributed by atoms with E-state index in [1.807, 2.05) is 0 Å². The number of nitrogens with one attached hydrogen (secondary N) is 1. The second-order valence-electron chi connectivity index (χ2n) is 3.59. The molecule has 2 heterocycles. The van der Waals surface area contributed by atoms with Gasteiger partial charge in [0.05, 0.1) is 7.11 Å². The number of carboxylic acids is 1. The molecule has 0 aliphatic carbocycles. The van der Waals surface area contributed by atoms with E-state index in [2.05, 4.69) is 14.7 Å². The van der Waals surface area contributed by atoms with Crippen molar-refractivity contribution in [3.8, 4) is 5.88 Å². The lowest BCUT2D eigenvalue weighted by molar-refractivity contribution is 0.0702. The van der Waals surface area contributed by atoms with Crippen molar-refractivity contribution in [2.75, 3.05) is 11.8 Å². The number of aromatic carboxylic acids is 1. The fourth-order valence-electron chi connectivity index (χ4n) is 1.30. The van der Waals surface area contributed by atoms with E-state index < -0.39 is 16.0 Å². The average molecular weight is 350 g/mol. The lowest BCUT2D eigenvalue weighted by Crippen LogP contribution is -2.14. The van der Waals surface area contributed by atoms with Crippen molar-refractivity contribution in [2.24, 2.45) is 0 Å². The molecule has 0 fully saturated rings. The molecule has 2 rings (SSSR count). The predicted octanol–water partition coefficient (Wildman–Crippen LogP) is 1.70. The Morgan fingerprint density at radius 2 is 2.14 bits per heavy atom. The van der Waals surface area contributed by atoms with Crippen molar-refractivity contribution < 1.29 is 23.1 Å². The number of ether oxygens (including phenoxy) is 1. The third-order valence-electron chi connectivity index (χ3n) is 2.16. The number of hydrogen-bond donors (Lipinski definition) is 2. The third kappa shape index (κ3) is 3.60. The van der Waals surface area contributed by atoms with Crippen LogP contribution in [0.15, 0.2) is 22.4 Å². The van der Waals surface area contributed by atoms with Crippen molar-refractivity contribution in [3.05, 3.63) is 28.2 Å². The van der Waals surface area contributed by atoms with E-state index in [9.17, 15) is 13.2 Å². The molecule has 0 unspecified atom stereocenters. The summed E-state index contributed by atoms with van der Waals surface area (Å²) >= 11 is 6.32. The minimum atomic E-state index is -4.00. The van der Waals surface area contributed by atoms with Gasteiger partial charge in [0.25, 0.3) is 10.0 Å². The largest absolute Gasteiger partial charge is 0.481 e. The summed E-state index contributed by atoms with van der Waals surface area (Å²) in [6.07, 6.45) is 0. The number of halogens is 1. The van der Waals surface area contributed by atoms with Gasteiger partial charge in [0, 0.05) is 6.07 Å². The number of carbonyl (C=O) groups is 1. The number of nitrogens with zero attached hydrogens (tertiary/aromatic N) is 2. The first-order valence-electron chi connectivity index (χ1n) is 5.26. The molecule has 2 aromatic heterocycles. The number of thiophene rings is 1. The van der Waals surface area contributed by atoms with Gasteiger partial charge in [-0.15, -0.1) is 11.3 Å². The molecule has 11 heteroatoms. The van der Waals surface area contributed by atoms with Crippen LogP contribution in [0.4, 0.5) is 5.95 Å². The highest BCUT2D eigenvalue weighted by Gasteiger charge is 2.20. The van der Waals surface area contributed by atoms with Crippen molar-refractivity contribution in [1.29, 1.82) is 0 Å². The van der Waals surface area contributed by atoms with Crippen molar-refractivity contribution >= 4 is 44.9 Å². The Bertz CT molecular complexity index is 790. The van der Waals surface area contributed by atoms with Crippen LogP contribution in [0.1, 0.15) is 9.67 Å². The molecule has 2 aromatic rings. The molecule has 0 spiro atoms. The highest BCUT2D eigenvalue weighted by atomic mass is 35.5. The van der Waals surface area contributed by atoms with E-state index in [1.165, 1.54) is 25.3 Å². The van der Waals surface area contributed by atoms with E-state index in [-0.39, 0.29) is 26.1 Å². The Balaban J connectivity index is 2.32. The molecule has 112 valence electrons. The maximum atomic E-state index is 12.1. The van der Waals surface area contributed by atoms with Gasteiger partial charge in [0.2, 0.25) is 11.8 Å².